The molecule has 41 heavy (non-hydrogen) atoms. The zero-order valence-electron chi connectivity index (χ0n) is 22.3. The Bertz CT molecular complexity index is 1750. The molecule has 0 radical (unpaired) electrons. The molecule has 5 aromatic carbocycles. The number of anilines is 1. The van der Waals surface area contributed by atoms with Gasteiger partial charge in [-0.2, -0.15) is 5.10 Å². The average molecular weight is 544 g/mol. The average Bonchev–Trinajstić information content (AvgIpc) is 3.36. The van der Waals surface area contributed by atoms with E-state index in [4.69, 9.17) is 15.6 Å². The molecule has 0 spiro atoms. The van der Waals surface area contributed by atoms with Crippen LogP contribution in [0.15, 0.2) is 121 Å². The number of nitrogens with two attached hydrogens (primary N) is 1. The lowest BCUT2D eigenvalue weighted by atomic mass is 9.77. The van der Waals surface area contributed by atoms with E-state index in [1.54, 1.807) is 18.2 Å². The second kappa shape index (κ2) is 10.7. The Morgan fingerprint density at radius 1 is 0.707 bits per heavy atom. The number of methoxy groups -OCH3 is 1. The molecule has 6 heteroatoms. The van der Waals surface area contributed by atoms with Crippen LogP contribution in [0.5, 0.6) is 5.75 Å². The highest BCUT2D eigenvalue weighted by Gasteiger charge is 2.40. The summed E-state index contributed by atoms with van der Waals surface area (Å²) in [7, 11) is 1.43. The SMILES string of the molecule is COc1cc(C=Cc2nn(C(c3ccccc3)(c3ccccc3)c3ccccc3)c3cc(F)c(N)cc23)ccc1F. The second-order valence-corrected chi connectivity index (χ2v) is 9.72. The lowest BCUT2D eigenvalue weighted by Crippen LogP contribution is -2.38. The van der Waals surface area contributed by atoms with Crippen LogP contribution < -0.4 is 10.5 Å². The first kappa shape index (κ1) is 26.0. The van der Waals surface area contributed by atoms with Crippen LogP contribution in [0.3, 0.4) is 0 Å². The Kier molecular flexibility index (Phi) is 6.81. The number of nitrogens with zero attached hydrogens (tertiary/aromatic N) is 2. The van der Waals surface area contributed by atoms with E-state index in [2.05, 4.69) is 36.4 Å². The van der Waals surface area contributed by atoms with Crippen LogP contribution in [0.4, 0.5) is 14.5 Å². The summed E-state index contributed by atoms with van der Waals surface area (Å²) in [6.07, 6.45) is 3.65. The molecule has 202 valence electrons. The molecule has 0 fully saturated rings. The Morgan fingerprint density at radius 2 is 1.27 bits per heavy atom. The monoisotopic (exact) mass is 543 g/mol. The number of fused-ring (bicyclic) bond motifs is 1. The fraction of sp³-hybridized carbons (Fsp3) is 0.0571. The van der Waals surface area contributed by atoms with Gasteiger partial charge in [0.15, 0.2) is 11.6 Å². The summed E-state index contributed by atoms with van der Waals surface area (Å²) in [5, 5.41) is 5.83. The van der Waals surface area contributed by atoms with Crippen molar-refractivity contribution in [2.75, 3.05) is 12.8 Å². The van der Waals surface area contributed by atoms with Crippen molar-refractivity contribution < 1.29 is 13.5 Å². The van der Waals surface area contributed by atoms with Crippen molar-refractivity contribution in [2.24, 2.45) is 0 Å². The molecule has 0 saturated heterocycles. The van der Waals surface area contributed by atoms with Gasteiger partial charge in [0, 0.05) is 11.5 Å². The van der Waals surface area contributed by atoms with Gasteiger partial charge >= 0.3 is 0 Å². The molecular formula is C35H27F2N3O. The van der Waals surface area contributed by atoms with Crippen molar-refractivity contribution in [1.82, 2.24) is 9.78 Å². The maximum atomic E-state index is 15.2. The zero-order chi connectivity index (χ0) is 28.4. The van der Waals surface area contributed by atoms with E-state index < -0.39 is 17.2 Å². The van der Waals surface area contributed by atoms with Gasteiger partial charge in [0.2, 0.25) is 0 Å². The van der Waals surface area contributed by atoms with Gasteiger partial charge in [-0.25, -0.2) is 13.5 Å². The number of nitrogen functional groups attached to an aromatic ring is 1. The van der Waals surface area contributed by atoms with Crippen LogP contribution >= 0.6 is 0 Å². The van der Waals surface area contributed by atoms with E-state index in [1.165, 1.54) is 19.2 Å². The summed E-state index contributed by atoms with van der Waals surface area (Å²) in [6.45, 7) is 0. The first-order valence-corrected chi connectivity index (χ1v) is 13.2. The minimum Gasteiger partial charge on any atom is -0.494 e. The lowest BCUT2D eigenvalue weighted by Gasteiger charge is -2.37. The van der Waals surface area contributed by atoms with E-state index in [0.29, 0.717) is 16.6 Å². The van der Waals surface area contributed by atoms with Crippen LogP contribution in [0, 0.1) is 11.6 Å². The van der Waals surface area contributed by atoms with E-state index >= 15 is 4.39 Å². The molecule has 6 rings (SSSR count). The molecule has 0 saturated carbocycles. The molecule has 1 aromatic heterocycles. The van der Waals surface area contributed by atoms with E-state index in [9.17, 15) is 4.39 Å². The van der Waals surface area contributed by atoms with E-state index in [-0.39, 0.29) is 11.4 Å². The Morgan fingerprint density at radius 3 is 1.80 bits per heavy atom. The third-order valence-corrected chi connectivity index (χ3v) is 7.33. The summed E-state index contributed by atoms with van der Waals surface area (Å²) in [6, 6.07) is 37.9. The van der Waals surface area contributed by atoms with Crippen LogP contribution in [0.25, 0.3) is 23.1 Å². The summed E-state index contributed by atoms with van der Waals surface area (Å²) >= 11 is 0. The summed E-state index contributed by atoms with van der Waals surface area (Å²) in [5.41, 5.74) is 9.90. The largest absolute Gasteiger partial charge is 0.494 e. The molecule has 0 bridgehead atoms. The third-order valence-electron chi connectivity index (χ3n) is 7.33. The quantitative estimate of drug-likeness (QED) is 0.164. The molecule has 4 nitrogen and oxygen atoms in total. The second-order valence-electron chi connectivity index (χ2n) is 9.72. The molecule has 0 aliphatic rings. The van der Waals surface area contributed by atoms with Crippen LogP contribution in [-0.2, 0) is 5.54 Å². The zero-order valence-corrected chi connectivity index (χ0v) is 22.3. The van der Waals surface area contributed by atoms with Gasteiger partial charge in [-0.1, -0.05) is 103 Å². The standard InChI is InChI=1S/C35H27F2N3O/c1-41-34-21-24(17-19-29(34)36)18-20-32-28-22-31(38)30(37)23-33(28)40(39-32)35(25-11-5-2-6-12-25,26-13-7-3-8-14-26)27-15-9-4-10-16-27/h2-23H,38H2,1H3. The maximum Gasteiger partial charge on any atom is 0.165 e. The van der Waals surface area contributed by atoms with Gasteiger partial charge < -0.3 is 10.5 Å². The minimum absolute atomic E-state index is 0.0277. The summed E-state index contributed by atoms with van der Waals surface area (Å²) in [4.78, 5) is 0. The van der Waals surface area contributed by atoms with E-state index in [1.807, 2.05) is 71.4 Å². The maximum absolute atomic E-state index is 15.2. The smallest absolute Gasteiger partial charge is 0.165 e. The molecule has 1 heterocycles. The Balaban J connectivity index is 1.68. The predicted molar refractivity (Wildman–Crippen MR) is 161 cm³/mol. The van der Waals surface area contributed by atoms with Gasteiger partial charge in [0.1, 0.15) is 11.4 Å². The van der Waals surface area contributed by atoms with Gasteiger partial charge in [-0.15, -0.1) is 0 Å². The van der Waals surface area contributed by atoms with Crippen LogP contribution in [-0.4, -0.2) is 16.9 Å². The van der Waals surface area contributed by atoms with Crippen molar-refractivity contribution in [3.63, 3.8) is 0 Å². The van der Waals surface area contributed by atoms with Crippen LogP contribution in [0.2, 0.25) is 0 Å². The number of hydrogen-bond donors (Lipinski definition) is 1. The highest BCUT2D eigenvalue weighted by atomic mass is 19.1. The molecule has 0 aliphatic carbocycles. The number of ether oxygens (including phenoxy) is 1. The predicted octanol–water partition coefficient (Wildman–Crippen LogP) is 7.92. The minimum atomic E-state index is -0.949. The number of benzene rings is 5. The Labute approximate surface area is 237 Å². The van der Waals surface area contributed by atoms with Crippen molar-refractivity contribution in [3.05, 3.63) is 161 Å². The fourth-order valence-corrected chi connectivity index (χ4v) is 5.41. The molecule has 0 amide bonds. The van der Waals surface area contributed by atoms with Gasteiger partial charge in [-0.05, 0) is 46.5 Å². The van der Waals surface area contributed by atoms with Crippen molar-refractivity contribution in [3.8, 4) is 5.75 Å². The Hall–Kier alpha value is -5.23. The topological polar surface area (TPSA) is 53.1 Å². The number of rotatable bonds is 7. The van der Waals surface area contributed by atoms with Gasteiger partial charge in [-0.3, -0.25) is 0 Å². The van der Waals surface area contributed by atoms with Crippen molar-refractivity contribution in [1.29, 1.82) is 0 Å². The molecular weight excluding hydrogens is 516 g/mol. The summed E-state index contributed by atoms with van der Waals surface area (Å²) in [5.74, 6) is -0.827. The molecule has 0 unspecified atom stereocenters. The highest BCUT2D eigenvalue weighted by molar-refractivity contribution is 5.92. The number of halogens is 2. The number of hydrogen-bond acceptors (Lipinski definition) is 3. The van der Waals surface area contributed by atoms with Gasteiger partial charge in [0.25, 0.3) is 0 Å². The first-order valence-electron chi connectivity index (χ1n) is 13.2. The molecule has 0 aliphatic heterocycles. The van der Waals surface area contributed by atoms with E-state index in [0.717, 1.165) is 22.3 Å². The molecule has 2 N–H and O–H groups in total. The lowest BCUT2D eigenvalue weighted by molar-refractivity contribution is 0.386. The summed E-state index contributed by atoms with van der Waals surface area (Å²) < 4.78 is 36.2. The molecule has 0 atom stereocenters. The number of aromatic nitrogens is 2. The third kappa shape index (κ3) is 4.53. The van der Waals surface area contributed by atoms with Crippen molar-refractivity contribution >= 4 is 28.7 Å². The first-order chi connectivity index (χ1) is 20.0. The highest BCUT2D eigenvalue weighted by Crippen LogP contribution is 2.43. The van der Waals surface area contributed by atoms with Crippen LogP contribution in [0.1, 0.15) is 27.9 Å². The van der Waals surface area contributed by atoms with Crippen molar-refractivity contribution in [2.45, 2.75) is 5.54 Å². The molecule has 6 aromatic rings. The normalized spacial score (nSPS) is 11.8. The van der Waals surface area contributed by atoms with Gasteiger partial charge in [0.05, 0.1) is 24.0 Å². The fourth-order valence-electron chi connectivity index (χ4n) is 5.41.